The molecule has 9 rings (SSSR count). The SMILES string of the molecule is c1ccc(-c2ccc(N(c3ccc(-c4ccnc5c4oc4ccccc45)cc3)c3cccc4c3oc3ccccc34)cc2)cc1. The summed E-state index contributed by atoms with van der Waals surface area (Å²) in [7, 11) is 0. The number of hydrogen-bond donors (Lipinski definition) is 0. The van der Waals surface area contributed by atoms with Crippen molar-refractivity contribution in [2.45, 2.75) is 0 Å². The van der Waals surface area contributed by atoms with Crippen LogP contribution in [0, 0.1) is 0 Å². The number of nitrogens with zero attached hydrogens (tertiary/aromatic N) is 2. The number of rotatable bonds is 5. The lowest BCUT2D eigenvalue weighted by molar-refractivity contribution is 0.669. The molecule has 0 aliphatic carbocycles. The summed E-state index contributed by atoms with van der Waals surface area (Å²) in [6.07, 6.45) is 1.86. The second-order valence-electron chi connectivity index (χ2n) is 11.2. The molecule has 0 bridgehead atoms. The van der Waals surface area contributed by atoms with Crippen molar-refractivity contribution in [1.82, 2.24) is 4.98 Å². The van der Waals surface area contributed by atoms with Gasteiger partial charge in [-0.15, -0.1) is 0 Å². The van der Waals surface area contributed by atoms with Crippen molar-refractivity contribution in [1.29, 1.82) is 0 Å². The predicted octanol–water partition coefficient (Wildman–Crippen LogP) is 11.7. The van der Waals surface area contributed by atoms with Crippen molar-refractivity contribution in [2.24, 2.45) is 0 Å². The van der Waals surface area contributed by atoms with Crippen molar-refractivity contribution in [2.75, 3.05) is 4.90 Å². The van der Waals surface area contributed by atoms with E-state index in [9.17, 15) is 0 Å². The molecule has 4 heteroatoms. The van der Waals surface area contributed by atoms with Gasteiger partial charge in [-0.25, -0.2) is 0 Å². The molecule has 0 saturated heterocycles. The lowest BCUT2D eigenvalue weighted by Crippen LogP contribution is -2.10. The maximum Gasteiger partial charge on any atom is 0.161 e. The molecule has 0 spiro atoms. The minimum atomic E-state index is 0.798. The molecule has 212 valence electrons. The Labute approximate surface area is 259 Å². The molecule has 4 nitrogen and oxygen atoms in total. The van der Waals surface area contributed by atoms with Crippen molar-refractivity contribution >= 4 is 61.1 Å². The van der Waals surface area contributed by atoms with Crippen LogP contribution in [0.15, 0.2) is 167 Å². The number of pyridine rings is 1. The normalized spacial score (nSPS) is 11.6. The molecule has 9 aromatic rings. The van der Waals surface area contributed by atoms with E-state index in [4.69, 9.17) is 8.83 Å². The summed E-state index contributed by atoms with van der Waals surface area (Å²) in [4.78, 5) is 6.91. The smallest absolute Gasteiger partial charge is 0.161 e. The van der Waals surface area contributed by atoms with Gasteiger partial charge < -0.3 is 13.7 Å². The molecule has 0 N–H and O–H groups in total. The highest BCUT2D eigenvalue weighted by Gasteiger charge is 2.20. The first-order valence-corrected chi connectivity index (χ1v) is 15.0. The van der Waals surface area contributed by atoms with Gasteiger partial charge in [0, 0.05) is 39.3 Å². The summed E-state index contributed by atoms with van der Waals surface area (Å²) in [5.41, 5.74) is 11.7. The molecule has 0 radical (unpaired) electrons. The van der Waals surface area contributed by atoms with E-state index in [1.807, 2.05) is 48.7 Å². The van der Waals surface area contributed by atoms with Crippen LogP contribution in [-0.2, 0) is 0 Å². The van der Waals surface area contributed by atoms with E-state index < -0.39 is 0 Å². The third-order valence-corrected chi connectivity index (χ3v) is 8.55. The van der Waals surface area contributed by atoms with Crippen LogP contribution in [0.5, 0.6) is 0 Å². The summed E-state index contributed by atoms with van der Waals surface area (Å²) < 4.78 is 12.8. The number of anilines is 3. The monoisotopic (exact) mass is 578 g/mol. The summed E-state index contributed by atoms with van der Waals surface area (Å²) >= 11 is 0. The molecule has 0 aliphatic rings. The summed E-state index contributed by atoms with van der Waals surface area (Å²) in [5.74, 6) is 0. The average Bonchev–Trinajstić information content (AvgIpc) is 3.69. The van der Waals surface area contributed by atoms with E-state index in [1.165, 1.54) is 11.1 Å². The first kappa shape index (κ1) is 25.4. The van der Waals surface area contributed by atoms with Crippen LogP contribution >= 0.6 is 0 Å². The third kappa shape index (κ3) is 4.19. The van der Waals surface area contributed by atoms with Gasteiger partial charge in [-0.1, -0.05) is 97.1 Å². The highest BCUT2D eigenvalue weighted by atomic mass is 16.3. The van der Waals surface area contributed by atoms with Crippen LogP contribution in [0.3, 0.4) is 0 Å². The van der Waals surface area contributed by atoms with Crippen LogP contribution in [0.2, 0.25) is 0 Å². The Hall–Kier alpha value is -6.13. The van der Waals surface area contributed by atoms with E-state index >= 15 is 0 Å². The van der Waals surface area contributed by atoms with Crippen LogP contribution in [0.25, 0.3) is 66.3 Å². The van der Waals surface area contributed by atoms with Gasteiger partial charge in [0.25, 0.3) is 0 Å². The zero-order valence-corrected chi connectivity index (χ0v) is 24.2. The second-order valence-corrected chi connectivity index (χ2v) is 11.2. The van der Waals surface area contributed by atoms with E-state index in [-0.39, 0.29) is 0 Å². The maximum atomic E-state index is 6.51. The molecule has 0 fully saturated rings. The minimum absolute atomic E-state index is 0.798. The molecular formula is C41H26N2O2. The standard InChI is InChI=1S/C41H26N2O2/c1-2-9-27(10-3-1)28-17-21-30(22-18-28)43(36-14-8-13-34-33-11-4-6-15-37(33)44-40(34)36)31-23-19-29(20-24-31)32-25-26-42-39-35-12-5-7-16-38(35)45-41(32)39/h1-26H. The van der Waals surface area contributed by atoms with E-state index in [0.29, 0.717) is 0 Å². The van der Waals surface area contributed by atoms with E-state index in [1.54, 1.807) is 0 Å². The molecule has 45 heavy (non-hydrogen) atoms. The van der Waals surface area contributed by atoms with E-state index in [2.05, 4.69) is 119 Å². The number of fused-ring (bicyclic) bond motifs is 6. The quantitative estimate of drug-likeness (QED) is 0.204. The molecular weight excluding hydrogens is 552 g/mol. The van der Waals surface area contributed by atoms with Crippen LogP contribution in [0.4, 0.5) is 17.1 Å². The Morgan fingerprint density at radius 1 is 0.422 bits per heavy atom. The van der Waals surface area contributed by atoms with Crippen molar-refractivity contribution < 1.29 is 8.83 Å². The minimum Gasteiger partial charge on any atom is -0.454 e. The predicted molar refractivity (Wildman–Crippen MR) is 184 cm³/mol. The second kappa shape index (κ2) is 10.2. The molecule has 0 amide bonds. The van der Waals surface area contributed by atoms with Gasteiger partial charge in [0.05, 0.1) is 5.69 Å². The highest BCUT2D eigenvalue weighted by Crippen LogP contribution is 2.43. The molecule has 3 aromatic heterocycles. The van der Waals surface area contributed by atoms with Gasteiger partial charge in [-0.05, 0) is 71.3 Å². The Morgan fingerprint density at radius 3 is 1.76 bits per heavy atom. The largest absolute Gasteiger partial charge is 0.454 e. The Kier molecular flexibility index (Phi) is 5.78. The number of para-hydroxylation sites is 3. The van der Waals surface area contributed by atoms with Crippen LogP contribution in [-0.4, -0.2) is 4.98 Å². The molecule has 0 saturated carbocycles. The van der Waals surface area contributed by atoms with Gasteiger partial charge in [-0.2, -0.15) is 0 Å². The Balaban J connectivity index is 1.19. The van der Waals surface area contributed by atoms with Crippen LogP contribution in [0.1, 0.15) is 0 Å². The lowest BCUT2D eigenvalue weighted by atomic mass is 10.0. The van der Waals surface area contributed by atoms with Crippen molar-refractivity contribution in [3.63, 3.8) is 0 Å². The molecule has 0 atom stereocenters. The fourth-order valence-corrected chi connectivity index (χ4v) is 6.39. The topological polar surface area (TPSA) is 42.4 Å². The summed E-state index contributed by atoms with van der Waals surface area (Å²) in [6.45, 7) is 0. The first-order valence-electron chi connectivity index (χ1n) is 15.0. The Morgan fingerprint density at radius 2 is 1.00 bits per heavy atom. The fourth-order valence-electron chi connectivity index (χ4n) is 6.39. The number of benzene rings is 6. The van der Waals surface area contributed by atoms with Crippen molar-refractivity contribution in [3.8, 4) is 22.3 Å². The number of hydrogen-bond acceptors (Lipinski definition) is 4. The molecule has 0 aliphatic heterocycles. The number of furan rings is 2. The van der Waals surface area contributed by atoms with Crippen LogP contribution < -0.4 is 4.90 Å². The number of aromatic nitrogens is 1. The molecule has 0 unspecified atom stereocenters. The maximum absolute atomic E-state index is 6.51. The molecule has 6 aromatic carbocycles. The first-order chi connectivity index (χ1) is 22.3. The summed E-state index contributed by atoms with van der Waals surface area (Å²) in [5, 5.41) is 3.22. The highest BCUT2D eigenvalue weighted by molar-refractivity contribution is 6.10. The van der Waals surface area contributed by atoms with Crippen molar-refractivity contribution in [3.05, 3.63) is 158 Å². The van der Waals surface area contributed by atoms with E-state index in [0.717, 1.165) is 72.2 Å². The van der Waals surface area contributed by atoms with Gasteiger partial charge in [-0.3, -0.25) is 4.98 Å². The van der Waals surface area contributed by atoms with Gasteiger partial charge in [0.15, 0.2) is 11.2 Å². The zero-order chi connectivity index (χ0) is 29.7. The lowest BCUT2D eigenvalue weighted by Gasteiger charge is -2.26. The Bertz CT molecular complexity index is 2470. The van der Waals surface area contributed by atoms with Gasteiger partial charge >= 0.3 is 0 Å². The fraction of sp³-hybridized carbons (Fsp3) is 0. The average molecular weight is 579 g/mol. The molecule has 3 heterocycles. The van der Waals surface area contributed by atoms with Gasteiger partial charge in [0.2, 0.25) is 0 Å². The third-order valence-electron chi connectivity index (χ3n) is 8.55. The van der Waals surface area contributed by atoms with Gasteiger partial charge in [0.1, 0.15) is 16.7 Å². The summed E-state index contributed by atoms with van der Waals surface area (Å²) in [6, 6.07) is 52.5. The zero-order valence-electron chi connectivity index (χ0n) is 24.2.